The van der Waals surface area contributed by atoms with Gasteiger partial charge < -0.3 is 4.90 Å². The van der Waals surface area contributed by atoms with Gasteiger partial charge in [-0.05, 0) is 59.9 Å². The molecule has 4 aromatic rings. The molecule has 2 heterocycles. The molecule has 0 radical (unpaired) electrons. The smallest absolute Gasteiger partial charge is 0.264 e. The molecule has 0 unspecified atom stereocenters. The van der Waals surface area contributed by atoms with E-state index >= 15 is 0 Å². The number of hydrogen-bond acceptors (Lipinski definition) is 5. The molecule has 8 heteroatoms. The van der Waals surface area contributed by atoms with Gasteiger partial charge in [-0.3, -0.25) is 19.4 Å². The van der Waals surface area contributed by atoms with Gasteiger partial charge in [-0.1, -0.05) is 56.3 Å². The number of hydrogen-bond donors (Lipinski definition) is 1. The predicted octanol–water partition coefficient (Wildman–Crippen LogP) is 5.51. The Hall–Kier alpha value is -3.75. The number of amides is 1. The molecule has 3 aromatic carbocycles. The number of nitrogens with zero attached hydrogens (tertiary/aromatic N) is 3. The Morgan fingerprint density at radius 1 is 0.897 bits per heavy atom. The van der Waals surface area contributed by atoms with Crippen LogP contribution in [0, 0.1) is 0 Å². The molecule has 202 valence electrons. The van der Waals surface area contributed by atoms with Crippen LogP contribution in [0.3, 0.4) is 0 Å². The molecule has 0 saturated carbocycles. The van der Waals surface area contributed by atoms with Crippen molar-refractivity contribution in [3.8, 4) is 0 Å². The van der Waals surface area contributed by atoms with Gasteiger partial charge in [-0.2, -0.15) is 0 Å². The minimum atomic E-state index is -3.85. The summed E-state index contributed by atoms with van der Waals surface area (Å²) < 4.78 is 28.8. The van der Waals surface area contributed by atoms with Gasteiger partial charge in [0.1, 0.15) is 4.90 Å². The van der Waals surface area contributed by atoms with E-state index in [9.17, 15) is 13.2 Å². The zero-order chi connectivity index (χ0) is 27.4. The number of rotatable bonds is 7. The summed E-state index contributed by atoms with van der Waals surface area (Å²) in [5.74, 6) is 0.439. The van der Waals surface area contributed by atoms with Gasteiger partial charge in [0.05, 0.1) is 5.52 Å². The maximum Gasteiger partial charge on any atom is 0.264 e. The van der Waals surface area contributed by atoms with Gasteiger partial charge in [-0.15, -0.1) is 0 Å². The van der Waals surface area contributed by atoms with Gasteiger partial charge in [0.25, 0.3) is 15.9 Å². The lowest BCUT2D eigenvalue weighted by Crippen LogP contribution is -2.35. The number of aromatic nitrogens is 1. The summed E-state index contributed by atoms with van der Waals surface area (Å²) >= 11 is 0. The highest BCUT2D eigenvalue weighted by Crippen LogP contribution is 2.24. The summed E-state index contributed by atoms with van der Waals surface area (Å²) in [7, 11) is -3.85. The average Bonchev–Trinajstić information content (AvgIpc) is 3.18. The second-order valence-corrected chi connectivity index (χ2v) is 11.9. The monoisotopic (exact) mass is 542 g/mol. The van der Waals surface area contributed by atoms with Gasteiger partial charge in [0.15, 0.2) is 0 Å². The number of benzene rings is 3. The normalized spacial score (nSPS) is 14.9. The Labute approximate surface area is 230 Å². The summed E-state index contributed by atoms with van der Waals surface area (Å²) in [5.41, 5.74) is 4.09. The van der Waals surface area contributed by atoms with E-state index in [1.54, 1.807) is 48.7 Å². The molecule has 1 amide bonds. The van der Waals surface area contributed by atoms with E-state index in [1.165, 1.54) is 11.1 Å². The molecule has 1 saturated heterocycles. The van der Waals surface area contributed by atoms with E-state index in [4.69, 9.17) is 0 Å². The average molecular weight is 543 g/mol. The first-order chi connectivity index (χ1) is 18.8. The second kappa shape index (κ2) is 11.6. The Morgan fingerprint density at radius 2 is 1.67 bits per heavy atom. The van der Waals surface area contributed by atoms with Crippen LogP contribution in [0.4, 0.5) is 5.69 Å². The molecule has 1 aromatic heterocycles. The van der Waals surface area contributed by atoms with E-state index in [0.29, 0.717) is 35.8 Å². The van der Waals surface area contributed by atoms with E-state index in [2.05, 4.69) is 52.7 Å². The van der Waals surface area contributed by atoms with Gasteiger partial charge in [0, 0.05) is 55.6 Å². The third-order valence-corrected chi connectivity index (χ3v) is 8.63. The molecule has 0 bridgehead atoms. The number of fused-ring (bicyclic) bond motifs is 1. The maximum absolute atomic E-state index is 13.3. The van der Waals surface area contributed by atoms with Crippen LogP contribution in [0.25, 0.3) is 10.9 Å². The van der Waals surface area contributed by atoms with Crippen LogP contribution in [0.1, 0.15) is 47.7 Å². The standard InChI is InChI=1S/C31H34N4O3S/c1-23(2)28-11-4-3-8-26(28)22-34-18-7-19-35(21-20-34)31(36)25-13-15-27(16-14-25)33-39(37,38)29-12-5-9-24-10-6-17-32-30(24)29/h3-6,8-17,23,33H,7,18-22H2,1-2H3. The molecule has 39 heavy (non-hydrogen) atoms. The number of para-hydroxylation sites is 1. The lowest BCUT2D eigenvalue weighted by molar-refractivity contribution is 0.0761. The Balaban J connectivity index is 1.23. The second-order valence-electron chi connectivity index (χ2n) is 10.3. The number of carbonyl (C=O) groups excluding carboxylic acids is 1. The van der Waals surface area contributed by atoms with Crippen LogP contribution < -0.4 is 4.72 Å². The minimum Gasteiger partial charge on any atom is -0.337 e. The summed E-state index contributed by atoms with van der Waals surface area (Å²) in [4.78, 5) is 22.0. The van der Waals surface area contributed by atoms with Crippen LogP contribution in [0.5, 0.6) is 0 Å². The molecule has 7 nitrogen and oxygen atoms in total. The van der Waals surface area contributed by atoms with Gasteiger partial charge >= 0.3 is 0 Å². The Kier molecular flexibility index (Phi) is 7.95. The number of anilines is 1. The van der Waals surface area contributed by atoms with Crippen LogP contribution in [0.15, 0.2) is 90.0 Å². The van der Waals surface area contributed by atoms with Crippen LogP contribution in [0.2, 0.25) is 0 Å². The largest absolute Gasteiger partial charge is 0.337 e. The lowest BCUT2D eigenvalue weighted by atomic mass is 9.97. The molecule has 1 aliphatic rings. The Morgan fingerprint density at radius 3 is 2.46 bits per heavy atom. The topological polar surface area (TPSA) is 82.6 Å². The predicted molar refractivity (Wildman–Crippen MR) is 155 cm³/mol. The first-order valence-electron chi connectivity index (χ1n) is 13.4. The number of carbonyl (C=O) groups is 1. The third kappa shape index (κ3) is 6.13. The molecule has 5 rings (SSSR count). The molecule has 0 atom stereocenters. The fraction of sp³-hybridized carbons (Fsp3) is 0.290. The summed E-state index contributed by atoms with van der Waals surface area (Å²) in [6, 6.07) is 23.9. The van der Waals surface area contributed by atoms with Crippen LogP contribution in [-0.2, 0) is 16.6 Å². The zero-order valence-corrected chi connectivity index (χ0v) is 23.2. The number of sulfonamides is 1. The first-order valence-corrected chi connectivity index (χ1v) is 14.9. The number of pyridine rings is 1. The van der Waals surface area contributed by atoms with Crippen molar-refractivity contribution in [1.82, 2.24) is 14.8 Å². The van der Waals surface area contributed by atoms with Crippen molar-refractivity contribution in [2.75, 3.05) is 30.9 Å². The summed E-state index contributed by atoms with van der Waals surface area (Å²) in [5, 5.41) is 0.751. The van der Waals surface area contributed by atoms with Crippen molar-refractivity contribution in [2.45, 2.75) is 37.6 Å². The van der Waals surface area contributed by atoms with Crippen molar-refractivity contribution in [3.63, 3.8) is 0 Å². The van der Waals surface area contributed by atoms with Gasteiger partial charge in [0.2, 0.25) is 0 Å². The molecule has 0 spiro atoms. The zero-order valence-electron chi connectivity index (χ0n) is 22.4. The molecule has 1 aliphatic heterocycles. The highest BCUT2D eigenvalue weighted by Gasteiger charge is 2.22. The number of nitrogens with one attached hydrogen (secondary N) is 1. The van der Waals surface area contributed by atoms with E-state index in [-0.39, 0.29) is 10.8 Å². The highest BCUT2D eigenvalue weighted by molar-refractivity contribution is 7.93. The molecular formula is C31H34N4O3S. The van der Waals surface area contributed by atoms with Crippen LogP contribution >= 0.6 is 0 Å². The Bertz CT molecular complexity index is 1560. The maximum atomic E-state index is 13.3. The fourth-order valence-electron chi connectivity index (χ4n) is 5.18. The molecule has 1 N–H and O–H groups in total. The van der Waals surface area contributed by atoms with Crippen molar-refractivity contribution < 1.29 is 13.2 Å². The van der Waals surface area contributed by atoms with Crippen molar-refractivity contribution >= 4 is 32.5 Å². The van der Waals surface area contributed by atoms with Crippen LogP contribution in [-0.4, -0.2) is 55.3 Å². The molecular weight excluding hydrogens is 508 g/mol. The first kappa shape index (κ1) is 26.8. The summed E-state index contributed by atoms with van der Waals surface area (Å²) in [6.45, 7) is 8.44. The van der Waals surface area contributed by atoms with Gasteiger partial charge in [-0.25, -0.2) is 8.42 Å². The van der Waals surface area contributed by atoms with Crippen molar-refractivity contribution in [3.05, 3.63) is 102 Å². The fourth-order valence-corrected chi connectivity index (χ4v) is 6.42. The molecule has 0 aliphatic carbocycles. The van der Waals surface area contributed by atoms with Crippen molar-refractivity contribution in [1.29, 1.82) is 0 Å². The van der Waals surface area contributed by atoms with E-state index in [1.807, 2.05) is 17.0 Å². The third-order valence-electron chi connectivity index (χ3n) is 7.22. The minimum absolute atomic E-state index is 0.0351. The van der Waals surface area contributed by atoms with E-state index in [0.717, 1.165) is 31.4 Å². The van der Waals surface area contributed by atoms with E-state index < -0.39 is 10.0 Å². The molecule has 1 fully saturated rings. The lowest BCUT2D eigenvalue weighted by Gasteiger charge is -2.23. The summed E-state index contributed by atoms with van der Waals surface area (Å²) in [6.07, 6.45) is 2.49. The highest BCUT2D eigenvalue weighted by atomic mass is 32.2. The SMILES string of the molecule is CC(C)c1ccccc1CN1CCCN(C(=O)c2ccc(NS(=O)(=O)c3cccc4cccnc34)cc2)CC1. The van der Waals surface area contributed by atoms with Crippen molar-refractivity contribution in [2.24, 2.45) is 0 Å². The quantitative estimate of drug-likeness (QED) is 0.333.